The minimum atomic E-state index is -0.307. The molecular formula is C19H29N3O3. The van der Waals surface area contributed by atoms with Gasteiger partial charge < -0.3 is 15.0 Å². The second-order valence-electron chi connectivity index (χ2n) is 6.59. The third-order valence-corrected chi connectivity index (χ3v) is 4.34. The summed E-state index contributed by atoms with van der Waals surface area (Å²) in [5.74, 6) is -0.439. The predicted molar refractivity (Wildman–Crippen MR) is 99.9 cm³/mol. The first-order valence-corrected chi connectivity index (χ1v) is 9.04. The summed E-state index contributed by atoms with van der Waals surface area (Å²) < 4.78 is 4.97. The number of esters is 1. The lowest BCUT2D eigenvalue weighted by Gasteiger charge is -2.24. The lowest BCUT2D eigenvalue weighted by atomic mass is 10.2. The van der Waals surface area contributed by atoms with Gasteiger partial charge in [0, 0.05) is 30.5 Å². The number of carbonyl (C=O) groups is 2. The topological polar surface area (TPSA) is 61.9 Å². The van der Waals surface area contributed by atoms with Gasteiger partial charge in [0.1, 0.15) is 0 Å². The second-order valence-corrected chi connectivity index (χ2v) is 6.59. The number of nitrogens with one attached hydrogen (secondary N) is 1. The highest BCUT2D eigenvalue weighted by atomic mass is 16.5. The smallest absolute Gasteiger partial charge is 0.320 e. The normalized spacial score (nSPS) is 14.2. The van der Waals surface area contributed by atoms with E-state index in [0.29, 0.717) is 6.61 Å². The van der Waals surface area contributed by atoms with Crippen molar-refractivity contribution in [2.24, 2.45) is 0 Å². The highest BCUT2D eigenvalue weighted by molar-refractivity contribution is 5.92. The van der Waals surface area contributed by atoms with Gasteiger partial charge in [0.15, 0.2) is 0 Å². The maximum Gasteiger partial charge on any atom is 0.320 e. The Kier molecular flexibility index (Phi) is 7.25. The molecule has 1 N–H and O–H groups in total. The van der Waals surface area contributed by atoms with E-state index in [0.717, 1.165) is 18.8 Å². The molecule has 1 saturated heterocycles. The SMILES string of the molecule is CCOC(=O)CN(CC(=O)Nc1ccc(N2CCCC2)cc1)C(C)C. The average molecular weight is 347 g/mol. The standard InChI is InChI=1S/C19H29N3O3/c1-4-25-19(24)14-22(15(2)3)13-18(23)20-16-7-9-17(10-8-16)21-11-5-6-12-21/h7-10,15H,4-6,11-14H2,1-3H3,(H,20,23). The largest absolute Gasteiger partial charge is 0.465 e. The molecule has 1 aromatic carbocycles. The van der Waals surface area contributed by atoms with Crippen LogP contribution in [0.1, 0.15) is 33.6 Å². The number of nitrogens with zero attached hydrogens (tertiary/aromatic N) is 2. The molecule has 0 bridgehead atoms. The van der Waals surface area contributed by atoms with Crippen LogP contribution in [0.2, 0.25) is 0 Å². The zero-order valence-electron chi connectivity index (χ0n) is 15.5. The summed E-state index contributed by atoms with van der Waals surface area (Å²) in [4.78, 5) is 28.1. The molecule has 2 rings (SSSR count). The Labute approximate surface area is 150 Å². The quantitative estimate of drug-likeness (QED) is 0.732. The van der Waals surface area contributed by atoms with Gasteiger partial charge in [0.2, 0.25) is 5.91 Å². The molecule has 0 aromatic heterocycles. The van der Waals surface area contributed by atoms with Crippen molar-refractivity contribution in [3.63, 3.8) is 0 Å². The summed E-state index contributed by atoms with van der Waals surface area (Å²) in [6.07, 6.45) is 2.48. The molecule has 1 heterocycles. The lowest BCUT2D eigenvalue weighted by molar-refractivity contribution is -0.145. The number of anilines is 2. The van der Waals surface area contributed by atoms with Gasteiger partial charge >= 0.3 is 5.97 Å². The number of amides is 1. The minimum Gasteiger partial charge on any atom is -0.465 e. The summed E-state index contributed by atoms with van der Waals surface area (Å²) >= 11 is 0. The van der Waals surface area contributed by atoms with Crippen molar-refractivity contribution in [2.45, 2.75) is 39.7 Å². The molecule has 0 spiro atoms. The van der Waals surface area contributed by atoms with E-state index in [1.807, 2.05) is 38.1 Å². The van der Waals surface area contributed by atoms with Gasteiger partial charge in [0.25, 0.3) is 0 Å². The van der Waals surface area contributed by atoms with E-state index in [-0.39, 0.29) is 31.0 Å². The molecule has 6 heteroatoms. The molecule has 6 nitrogen and oxygen atoms in total. The molecule has 25 heavy (non-hydrogen) atoms. The number of ether oxygens (including phenoxy) is 1. The Hall–Kier alpha value is -2.08. The maximum absolute atomic E-state index is 12.3. The number of hydrogen-bond acceptors (Lipinski definition) is 5. The molecule has 138 valence electrons. The van der Waals surface area contributed by atoms with Crippen LogP contribution in [0.4, 0.5) is 11.4 Å². The molecule has 0 aliphatic carbocycles. The Morgan fingerprint density at radius 1 is 1.16 bits per heavy atom. The van der Waals surface area contributed by atoms with E-state index in [1.165, 1.54) is 18.5 Å². The second kappa shape index (κ2) is 9.42. The van der Waals surface area contributed by atoms with Gasteiger partial charge in [0.05, 0.1) is 19.7 Å². The molecular weight excluding hydrogens is 318 g/mol. The van der Waals surface area contributed by atoms with Crippen molar-refractivity contribution in [3.8, 4) is 0 Å². The first-order valence-electron chi connectivity index (χ1n) is 9.04. The fourth-order valence-corrected chi connectivity index (χ4v) is 2.91. The molecule has 0 unspecified atom stereocenters. The summed E-state index contributed by atoms with van der Waals surface area (Å²) in [6, 6.07) is 8.01. The highest BCUT2D eigenvalue weighted by Crippen LogP contribution is 2.22. The summed E-state index contributed by atoms with van der Waals surface area (Å²) in [6.45, 7) is 8.51. The Balaban J connectivity index is 1.87. The van der Waals surface area contributed by atoms with E-state index in [4.69, 9.17) is 4.74 Å². The fourth-order valence-electron chi connectivity index (χ4n) is 2.91. The van der Waals surface area contributed by atoms with Crippen molar-refractivity contribution in [3.05, 3.63) is 24.3 Å². The summed E-state index contributed by atoms with van der Waals surface area (Å²) in [5, 5.41) is 2.90. The van der Waals surface area contributed by atoms with E-state index < -0.39 is 0 Å². The summed E-state index contributed by atoms with van der Waals surface area (Å²) in [5.41, 5.74) is 1.97. The van der Waals surface area contributed by atoms with Crippen molar-refractivity contribution in [1.82, 2.24) is 4.90 Å². The first-order chi connectivity index (χ1) is 12.0. The first kappa shape index (κ1) is 19.2. The van der Waals surface area contributed by atoms with Crippen molar-refractivity contribution in [1.29, 1.82) is 0 Å². The zero-order valence-corrected chi connectivity index (χ0v) is 15.5. The zero-order chi connectivity index (χ0) is 18.2. The molecule has 0 saturated carbocycles. The van der Waals surface area contributed by atoms with Crippen LogP contribution in [0.25, 0.3) is 0 Å². The van der Waals surface area contributed by atoms with Crippen molar-refractivity contribution in [2.75, 3.05) is 43.0 Å². The van der Waals surface area contributed by atoms with Gasteiger partial charge in [-0.15, -0.1) is 0 Å². The maximum atomic E-state index is 12.3. The van der Waals surface area contributed by atoms with Crippen LogP contribution in [0, 0.1) is 0 Å². The Morgan fingerprint density at radius 3 is 2.36 bits per heavy atom. The molecule has 0 radical (unpaired) electrons. The van der Waals surface area contributed by atoms with Crippen molar-refractivity contribution < 1.29 is 14.3 Å². The van der Waals surface area contributed by atoms with Crippen LogP contribution in [0.5, 0.6) is 0 Å². The van der Waals surface area contributed by atoms with Crippen molar-refractivity contribution >= 4 is 23.3 Å². The predicted octanol–water partition coefficient (Wildman–Crippen LogP) is 2.50. The van der Waals surface area contributed by atoms with Crippen LogP contribution in [-0.4, -0.2) is 55.6 Å². The number of rotatable bonds is 8. The van der Waals surface area contributed by atoms with Gasteiger partial charge in [-0.3, -0.25) is 14.5 Å². The summed E-state index contributed by atoms with van der Waals surface area (Å²) in [7, 11) is 0. The number of hydrogen-bond donors (Lipinski definition) is 1. The monoisotopic (exact) mass is 347 g/mol. The fraction of sp³-hybridized carbons (Fsp3) is 0.579. The lowest BCUT2D eigenvalue weighted by Crippen LogP contribution is -2.41. The third kappa shape index (κ3) is 6.05. The van der Waals surface area contributed by atoms with Crippen LogP contribution in [0.3, 0.4) is 0 Å². The number of benzene rings is 1. The molecule has 1 aliphatic heterocycles. The van der Waals surface area contributed by atoms with Gasteiger partial charge in [-0.25, -0.2) is 0 Å². The highest BCUT2D eigenvalue weighted by Gasteiger charge is 2.18. The van der Waals surface area contributed by atoms with E-state index in [2.05, 4.69) is 10.2 Å². The molecule has 1 amide bonds. The molecule has 1 aromatic rings. The third-order valence-electron chi connectivity index (χ3n) is 4.34. The van der Waals surface area contributed by atoms with Crippen LogP contribution < -0.4 is 10.2 Å². The molecule has 1 aliphatic rings. The minimum absolute atomic E-state index is 0.0766. The van der Waals surface area contributed by atoms with Gasteiger partial charge in [-0.1, -0.05) is 0 Å². The Bertz CT molecular complexity index is 566. The van der Waals surface area contributed by atoms with Gasteiger partial charge in [-0.2, -0.15) is 0 Å². The number of carbonyl (C=O) groups excluding carboxylic acids is 2. The van der Waals surface area contributed by atoms with E-state index in [1.54, 1.807) is 11.8 Å². The van der Waals surface area contributed by atoms with Crippen LogP contribution >= 0.6 is 0 Å². The Morgan fingerprint density at radius 2 is 1.80 bits per heavy atom. The van der Waals surface area contributed by atoms with Crippen LogP contribution in [-0.2, 0) is 14.3 Å². The van der Waals surface area contributed by atoms with Gasteiger partial charge in [-0.05, 0) is 57.9 Å². The van der Waals surface area contributed by atoms with E-state index in [9.17, 15) is 9.59 Å². The van der Waals surface area contributed by atoms with Crippen LogP contribution in [0.15, 0.2) is 24.3 Å². The molecule has 0 atom stereocenters. The average Bonchev–Trinajstić information content (AvgIpc) is 3.09. The van der Waals surface area contributed by atoms with E-state index >= 15 is 0 Å². The molecule has 1 fully saturated rings.